The van der Waals surface area contributed by atoms with Gasteiger partial charge >= 0.3 is 0 Å². The summed E-state index contributed by atoms with van der Waals surface area (Å²) in [5, 5.41) is 10.8. The first kappa shape index (κ1) is 14.3. The van der Waals surface area contributed by atoms with Crippen LogP contribution < -0.4 is 5.73 Å². The first-order valence-electron chi connectivity index (χ1n) is 7.74. The van der Waals surface area contributed by atoms with Crippen LogP contribution in [0.2, 0.25) is 0 Å². The quantitative estimate of drug-likeness (QED) is 0.814. The number of aliphatic hydroxyl groups is 1. The van der Waals surface area contributed by atoms with E-state index in [2.05, 4.69) is 0 Å². The van der Waals surface area contributed by atoms with Crippen molar-refractivity contribution in [2.45, 2.75) is 63.9 Å². The van der Waals surface area contributed by atoms with Crippen molar-refractivity contribution in [2.24, 2.45) is 17.1 Å². The van der Waals surface area contributed by atoms with E-state index < -0.39 is 0 Å². The standard InChI is InChI=1S/C15H29NO2/c16-12-15(8-4-2-1-3-5-9-15)14(17)13-7-6-10-18-11-13/h13-14,17H,1-12,16H2. The van der Waals surface area contributed by atoms with E-state index in [9.17, 15) is 5.11 Å². The van der Waals surface area contributed by atoms with E-state index in [-0.39, 0.29) is 11.5 Å². The second-order valence-electron chi connectivity index (χ2n) is 6.26. The van der Waals surface area contributed by atoms with Crippen LogP contribution in [0.1, 0.15) is 57.8 Å². The van der Waals surface area contributed by atoms with Gasteiger partial charge in [0, 0.05) is 24.5 Å². The zero-order valence-corrected chi connectivity index (χ0v) is 11.6. The molecule has 0 aromatic carbocycles. The summed E-state index contributed by atoms with van der Waals surface area (Å²) in [5.74, 6) is 0.307. The van der Waals surface area contributed by atoms with Crippen LogP contribution in [-0.2, 0) is 4.74 Å². The zero-order chi connectivity index (χ0) is 12.8. The number of ether oxygens (including phenoxy) is 1. The summed E-state index contributed by atoms with van der Waals surface area (Å²) >= 11 is 0. The fraction of sp³-hybridized carbons (Fsp3) is 1.00. The van der Waals surface area contributed by atoms with E-state index in [1.54, 1.807) is 0 Å². The van der Waals surface area contributed by atoms with Crippen molar-refractivity contribution in [3.8, 4) is 0 Å². The van der Waals surface area contributed by atoms with Gasteiger partial charge in [-0.1, -0.05) is 32.1 Å². The van der Waals surface area contributed by atoms with Crippen molar-refractivity contribution in [3.63, 3.8) is 0 Å². The highest BCUT2D eigenvalue weighted by Gasteiger charge is 2.41. The van der Waals surface area contributed by atoms with Gasteiger partial charge in [-0.2, -0.15) is 0 Å². The van der Waals surface area contributed by atoms with Crippen LogP contribution in [-0.4, -0.2) is 31.0 Å². The lowest BCUT2D eigenvalue weighted by Gasteiger charge is -2.43. The topological polar surface area (TPSA) is 55.5 Å². The zero-order valence-electron chi connectivity index (χ0n) is 11.6. The fourth-order valence-corrected chi connectivity index (χ4v) is 3.74. The normalized spacial score (nSPS) is 31.3. The van der Waals surface area contributed by atoms with Crippen molar-refractivity contribution < 1.29 is 9.84 Å². The fourth-order valence-electron chi connectivity index (χ4n) is 3.74. The lowest BCUT2D eigenvalue weighted by molar-refractivity contribution is -0.0768. The Kier molecular flexibility index (Phi) is 5.46. The van der Waals surface area contributed by atoms with E-state index in [1.807, 2.05) is 0 Å². The SMILES string of the molecule is NCC1(C(O)C2CCCOC2)CCCCCCC1. The Hall–Kier alpha value is -0.120. The van der Waals surface area contributed by atoms with Gasteiger partial charge < -0.3 is 15.6 Å². The van der Waals surface area contributed by atoms with E-state index in [0.29, 0.717) is 12.5 Å². The molecule has 2 rings (SSSR count). The Labute approximate surface area is 111 Å². The summed E-state index contributed by atoms with van der Waals surface area (Å²) in [6.07, 6.45) is 10.5. The van der Waals surface area contributed by atoms with Gasteiger partial charge in [0.05, 0.1) is 12.7 Å². The number of hydrogen-bond donors (Lipinski definition) is 2. The van der Waals surface area contributed by atoms with E-state index in [4.69, 9.17) is 10.5 Å². The molecule has 18 heavy (non-hydrogen) atoms. The van der Waals surface area contributed by atoms with Crippen LogP contribution in [0.15, 0.2) is 0 Å². The summed E-state index contributed by atoms with van der Waals surface area (Å²) < 4.78 is 5.54. The molecule has 106 valence electrons. The molecule has 1 aliphatic carbocycles. The second-order valence-corrected chi connectivity index (χ2v) is 6.26. The molecule has 0 aromatic rings. The van der Waals surface area contributed by atoms with Crippen LogP contribution in [0.3, 0.4) is 0 Å². The average Bonchev–Trinajstić information content (AvgIpc) is 2.40. The van der Waals surface area contributed by atoms with Gasteiger partial charge in [0.15, 0.2) is 0 Å². The predicted molar refractivity (Wildman–Crippen MR) is 73.4 cm³/mol. The maximum absolute atomic E-state index is 10.8. The Bertz CT molecular complexity index is 231. The minimum Gasteiger partial charge on any atom is -0.392 e. The molecule has 3 nitrogen and oxygen atoms in total. The molecule has 2 fully saturated rings. The molecule has 0 amide bonds. The van der Waals surface area contributed by atoms with Crippen LogP contribution in [0.25, 0.3) is 0 Å². The maximum atomic E-state index is 10.8. The minimum absolute atomic E-state index is 0.0359. The lowest BCUT2D eigenvalue weighted by atomic mass is 9.68. The molecule has 3 heteroatoms. The van der Waals surface area contributed by atoms with Crippen LogP contribution in [0.4, 0.5) is 0 Å². The lowest BCUT2D eigenvalue weighted by Crippen LogP contribution is -2.48. The number of hydrogen-bond acceptors (Lipinski definition) is 3. The summed E-state index contributed by atoms with van der Waals surface area (Å²) in [7, 11) is 0. The molecule has 1 heterocycles. The van der Waals surface area contributed by atoms with Crippen LogP contribution in [0, 0.1) is 11.3 Å². The van der Waals surface area contributed by atoms with Gasteiger partial charge in [-0.15, -0.1) is 0 Å². The number of aliphatic hydroxyl groups excluding tert-OH is 1. The number of nitrogens with two attached hydrogens (primary N) is 1. The van der Waals surface area contributed by atoms with Crippen molar-refractivity contribution in [2.75, 3.05) is 19.8 Å². The average molecular weight is 255 g/mol. The van der Waals surface area contributed by atoms with Crippen molar-refractivity contribution >= 4 is 0 Å². The van der Waals surface area contributed by atoms with E-state index in [1.165, 1.54) is 32.1 Å². The molecule has 0 spiro atoms. The monoisotopic (exact) mass is 255 g/mol. The molecule has 2 atom stereocenters. The highest BCUT2D eigenvalue weighted by Crippen LogP contribution is 2.40. The van der Waals surface area contributed by atoms with Gasteiger partial charge in [-0.05, 0) is 25.7 Å². The van der Waals surface area contributed by atoms with Crippen molar-refractivity contribution in [3.05, 3.63) is 0 Å². The smallest absolute Gasteiger partial charge is 0.0658 e. The number of rotatable bonds is 3. The van der Waals surface area contributed by atoms with Gasteiger partial charge in [0.25, 0.3) is 0 Å². The highest BCUT2D eigenvalue weighted by atomic mass is 16.5. The van der Waals surface area contributed by atoms with Crippen molar-refractivity contribution in [1.29, 1.82) is 0 Å². The van der Waals surface area contributed by atoms with Crippen molar-refractivity contribution in [1.82, 2.24) is 0 Å². The Balaban J connectivity index is 2.02. The molecule has 2 unspecified atom stereocenters. The van der Waals surface area contributed by atoms with Crippen LogP contribution in [0.5, 0.6) is 0 Å². The molecule has 2 aliphatic rings. The summed E-state index contributed by atoms with van der Waals surface area (Å²) in [4.78, 5) is 0. The Morgan fingerprint density at radius 1 is 1.11 bits per heavy atom. The van der Waals surface area contributed by atoms with Gasteiger partial charge in [0.1, 0.15) is 0 Å². The van der Waals surface area contributed by atoms with Gasteiger partial charge in [-0.3, -0.25) is 0 Å². The van der Waals surface area contributed by atoms with Gasteiger partial charge in [-0.25, -0.2) is 0 Å². The summed E-state index contributed by atoms with van der Waals surface area (Å²) in [6.45, 7) is 2.21. The summed E-state index contributed by atoms with van der Waals surface area (Å²) in [6, 6.07) is 0. The first-order chi connectivity index (χ1) is 8.78. The third kappa shape index (κ3) is 3.25. The minimum atomic E-state index is -0.263. The molecular formula is C15H29NO2. The van der Waals surface area contributed by atoms with E-state index >= 15 is 0 Å². The summed E-state index contributed by atoms with van der Waals surface area (Å²) in [5.41, 5.74) is 6.03. The molecule has 0 bridgehead atoms. The molecule has 1 saturated heterocycles. The maximum Gasteiger partial charge on any atom is 0.0658 e. The molecule has 1 aliphatic heterocycles. The molecular weight excluding hydrogens is 226 g/mol. The molecule has 1 saturated carbocycles. The van der Waals surface area contributed by atoms with Crippen LogP contribution >= 0.6 is 0 Å². The third-order valence-corrected chi connectivity index (χ3v) is 5.03. The molecule has 0 aromatic heterocycles. The highest BCUT2D eigenvalue weighted by molar-refractivity contribution is 4.92. The molecule has 3 N–H and O–H groups in total. The molecule has 0 radical (unpaired) electrons. The predicted octanol–water partition coefficient (Wildman–Crippen LogP) is 2.46. The van der Waals surface area contributed by atoms with Gasteiger partial charge in [0.2, 0.25) is 0 Å². The Morgan fingerprint density at radius 3 is 2.33 bits per heavy atom. The first-order valence-corrected chi connectivity index (χ1v) is 7.74. The second kappa shape index (κ2) is 6.88. The largest absolute Gasteiger partial charge is 0.392 e. The van der Waals surface area contributed by atoms with E-state index in [0.717, 1.165) is 38.9 Å². The Morgan fingerprint density at radius 2 is 1.78 bits per heavy atom. The third-order valence-electron chi connectivity index (χ3n) is 5.03.